The summed E-state index contributed by atoms with van der Waals surface area (Å²) in [5, 5.41) is 3.93. The molecule has 0 aliphatic heterocycles. The Bertz CT molecular complexity index is 513. The molecule has 1 saturated carbocycles. The highest BCUT2D eigenvalue weighted by molar-refractivity contribution is 5.96. The number of aromatic nitrogens is 2. The summed E-state index contributed by atoms with van der Waals surface area (Å²) in [6.45, 7) is 0. The highest BCUT2D eigenvalue weighted by atomic mass is 16.2. The first-order valence-corrected chi connectivity index (χ1v) is 5.07. The van der Waals surface area contributed by atoms with Gasteiger partial charge in [-0.05, 0) is 25.0 Å². The van der Waals surface area contributed by atoms with Gasteiger partial charge in [0.1, 0.15) is 5.69 Å². The lowest BCUT2D eigenvalue weighted by atomic mass is 10.2. The van der Waals surface area contributed by atoms with E-state index in [0.717, 1.165) is 23.7 Å². The van der Waals surface area contributed by atoms with Crippen molar-refractivity contribution in [2.75, 3.05) is 0 Å². The van der Waals surface area contributed by atoms with Crippen molar-refractivity contribution in [1.82, 2.24) is 15.3 Å². The van der Waals surface area contributed by atoms with E-state index in [9.17, 15) is 4.79 Å². The number of fused-ring (bicyclic) bond motifs is 1. The van der Waals surface area contributed by atoms with Crippen LogP contribution in [0.1, 0.15) is 23.3 Å². The van der Waals surface area contributed by atoms with E-state index < -0.39 is 0 Å². The fourth-order valence-corrected chi connectivity index (χ4v) is 1.56. The summed E-state index contributed by atoms with van der Waals surface area (Å²) in [5.41, 5.74) is 1.45. The van der Waals surface area contributed by atoms with Crippen molar-refractivity contribution in [1.29, 1.82) is 0 Å². The molecule has 1 amide bonds. The van der Waals surface area contributed by atoms with E-state index in [1.807, 2.05) is 18.3 Å². The Hall–Kier alpha value is -1.84. The zero-order valence-corrected chi connectivity index (χ0v) is 8.16. The van der Waals surface area contributed by atoms with Crippen LogP contribution >= 0.6 is 0 Å². The predicted octanol–water partition coefficient (Wildman–Crippen LogP) is 1.46. The summed E-state index contributed by atoms with van der Waals surface area (Å²) >= 11 is 0. The molecule has 15 heavy (non-hydrogen) atoms. The third kappa shape index (κ3) is 1.58. The second kappa shape index (κ2) is 3.08. The molecular weight excluding hydrogens is 190 g/mol. The summed E-state index contributed by atoms with van der Waals surface area (Å²) < 4.78 is 0. The van der Waals surface area contributed by atoms with E-state index >= 15 is 0 Å². The van der Waals surface area contributed by atoms with Gasteiger partial charge in [0.15, 0.2) is 0 Å². The molecular formula is C11H11N3O. The first kappa shape index (κ1) is 8.47. The fraction of sp³-hybridized carbons (Fsp3) is 0.273. The molecule has 2 heterocycles. The predicted molar refractivity (Wildman–Crippen MR) is 56.6 cm³/mol. The minimum Gasteiger partial charge on any atom is -0.360 e. The van der Waals surface area contributed by atoms with Crippen molar-refractivity contribution >= 4 is 16.8 Å². The third-order valence-corrected chi connectivity index (χ3v) is 2.58. The second-order valence-electron chi connectivity index (χ2n) is 3.88. The van der Waals surface area contributed by atoms with Crippen LogP contribution in [0.15, 0.2) is 24.5 Å². The molecule has 0 bridgehead atoms. The van der Waals surface area contributed by atoms with Gasteiger partial charge in [-0.1, -0.05) is 0 Å². The zero-order chi connectivity index (χ0) is 10.3. The van der Waals surface area contributed by atoms with Gasteiger partial charge in [-0.3, -0.25) is 4.79 Å². The molecule has 0 radical (unpaired) electrons. The molecule has 0 saturated heterocycles. The Morgan fingerprint density at radius 3 is 3.20 bits per heavy atom. The van der Waals surface area contributed by atoms with E-state index in [1.165, 1.54) is 0 Å². The van der Waals surface area contributed by atoms with Crippen LogP contribution < -0.4 is 5.32 Å². The zero-order valence-electron chi connectivity index (χ0n) is 8.16. The van der Waals surface area contributed by atoms with Crippen LogP contribution in [0, 0.1) is 0 Å². The molecule has 0 spiro atoms. The highest BCUT2D eigenvalue weighted by Crippen LogP contribution is 2.19. The standard InChI is InChI=1S/C11H11N3O/c15-11(14-8-1-2-8)9-5-7-3-4-12-10(7)6-13-9/h3-6,8,12H,1-2H2,(H,14,15). The Morgan fingerprint density at radius 2 is 2.40 bits per heavy atom. The van der Waals surface area contributed by atoms with E-state index in [-0.39, 0.29) is 5.91 Å². The molecule has 3 rings (SSSR count). The van der Waals surface area contributed by atoms with Crippen molar-refractivity contribution < 1.29 is 4.79 Å². The van der Waals surface area contributed by atoms with Gasteiger partial charge < -0.3 is 10.3 Å². The summed E-state index contributed by atoms with van der Waals surface area (Å²) in [6.07, 6.45) is 5.72. The van der Waals surface area contributed by atoms with Crippen LogP contribution in [-0.2, 0) is 0 Å². The molecule has 2 N–H and O–H groups in total. The molecule has 2 aromatic rings. The van der Waals surface area contributed by atoms with Crippen LogP contribution in [0.25, 0.3) is 10.9 Å². The van der Waals surface area contributed by atoms with Gasteiger partial charge in [0, 0.05) is 17.6 Å². The SMILES string of the molecule is O=C(NC1CC1)c1cc2cc[nH]c2cn1. The largest absolute Gasteiger partial charge is 0.360 e. The van der Waals surface area contributed by atoms with Gasteiger partial charge in [-0.25, -0.2) is 4.98 Å². The van der Waals surface area contributed by atoms with Gasteiger partial charge in [0.2, 0.25) is 0 Å². The maximum atomic E-state index is 11.7. The number of nitrogens with one attached hydrogen (secondary N) is 2. The van der Waals surface area contributed by atoms with E-state index in [1.54, 1.807) is 6.20 Å². The topological polar surface area (TPSA) is 57.8 Å². The lowest BCUT2D eigenvalue weighted by Crippen LogP contribution is -2.26. The van der Waals surface area contributed by atoms with Crippen molar-refractivity contribution in [2.24, 2.45) is 0 Å². The van der Waals surface area contributed by atoms with Gasteiger partial charge in [-0.2, -0.15) is 0 Å². The summed E-state index contributed by atoms with van der Waals surface area (Å²) in [6, 6.07) is 4.12. The van der Waals surface area contributed by atoms with Gasteiger partial charge in [0.05, 0.1) is 11.7 Å². The van der Waals surface area contributed by atoms with Crippen molar-refractivity contribution in [3.8, 4) is 0 Å². The van der Waals surface area contributed by atoms with Crippen LogP contribution in [0.4, 0.5) is 0 Å². The molecule has 0 aromatic carbocycles. The number of hydrogen-bond acceptors (Lipinski definition) is 2. The maximum Gasteiger partial charge on any atom is 0.270 e. The minimum atomic E-state index is -0.0689. The monoisotopic (exact) mass is 201 g/mol. The number of aromatic amines is 1. The first-order valence-electron chi connectivity index (χ1n) is 5.07. The number of carbonyl (C=O) groups is 1. The third-order valence-electron chi connectivity index (χ3n) is 2.58. The molecule has 76 valence electrons. The number of nitrogens with zero attached hydrogens (tertiary/aromatic N) is 1. The number of carbonyl (C=O) groups excluding carboxylic acids is 1. The Balaban J connectivity index is 1.91. The average Bonchev–Trinajstić information content (AvgIpc) is 2.94. The normalized spacial score (nSPS) is 15.5. The smallest absolute Gasteiger partial charge is 0.270 e. The minimum absolute atomic E-state index is 0.0689. The second-order valence-corrected chi connectivity index (χ2v) is 3.88. The van der Waals surface area contributed by atoms with Gasteiger partial charge in [-0.15, -0.1) is 0 Å². The summed E-state index contributed by atoms with van der Waals surface area (Å²) in [4.78, 5) is 18.8. The Kier molecular flexibility index (Phi) is 1.74. The average molecular weight is 201 g/mol. The first-order chi connectivity index (χ1) is 7.33. The fourth-order valence-electron chi connectivity index (χ4n) is 1.56. The molecule has 1 aliphatic rings. The van der Waals surface area contributed by atoms with Crippen LogP contribution in [0.2, 0.25) is 0 Å². The molecule has 2 aromatic heterocycles. The summed E-state index contributed by atoms with van der Waals surface area (Å²) in [5.74, 6) is -0.0689. The molecule has 4 heteroatoms. The maximum absolute atomic E-state index is 11.7. The number of hydrogen-bond donors (Lipinski definition) is 2. The molecule has 1 aliphatic carbocycles. The number of pyridine rings is 1. The van der Waals surface area contributed by atoms with Crippen LogP contribution in [0.5, 0.6) is 0 Å². The van der Waals surface area contributed by atoms with Crippen molar-refractivity contribution in [2.45, 2.75) is 18.9 Å². The van der Waals surface area contributed by atoms with E-state index in [2.05, 4.69) is 15.3 Å². The van der Waals surface area contributed by atoms with Gasteiger partial charge in [0.25, 0.3) is 5.91 Å². The lowest BCUT2D eigenvalue weighted by Gasteiger charge is -2.01. The molecule has 0 unspecified atom stereocenters. The number of rotatable bonds is 2. The molecule has 4 nitrogen and oxygen atoms in total. The Morgan fingerprint density at radius 1 is 1.53 bits per heavy atom. The molecule has 0 atom stereocenters. The molecule has 1 fully saturated rings. The Labute approximate surface area is 86.7 Å². The van der Waals surface area contributed by atoms with Crippen molar-refractivity contribution in [3.05, 3.63) is 30.2 Å². The van der Waals surface area contributed by atoms with E-state index in [4.69, 9.17) is 0 Å². The van der Waals surface area contributed by atoms with Gasteiger partial charge >= 0.3 is 0 Å². The summed E-state index contributed by atoms with van der Waals surface area (Å²) in [7, 11) is 0. The number of amides is 1. The van der Waals surface area contributed by atoms with E-state index in [0.29, 0.717) is 11.7 Å². The van der Waals surface area contributed by atoms with Crippen LogP contribution in [-0.4, -0.2) is 21.9 Å². The highest BCUT2D eigenvalue weighted by Gasteiger charge is 2.24. The van der Waals surface area contributed by atoms with Crippen molar-refractivity contribution in [3.63, 3.8) is 0 Å². The lowest BCUT2D eigenvalue weighted by molar-refractivity contribution is 0.0946. The number of H-pyrrole nitrogens is 1. The quantitative estimate of drug-likeness (QED) is 0.772. The van der Waals surface area contributed by atoms with Crippen LogP contribution in [0.3, 0.4) is 0 Å².